The van der Waals surface area contributed by atoms with Crippen LogP contribution in [-0.4, -0.2) is 28.5 Å². The van der Waals surface area contributed by atoms with Crippen molar-refractivity contribution in [2.75, 3.05) is 13.2 Å². The van der Waals surface area contributed by atoms with Gasteiger partial charge in [-0.15, -0.1) is 0 Å². The zero-order valence-corrected chi connectivity index (χ0v) is 13.7. The van der Waals surface area contributed by atoms with Crippen LogP contribution in [0, 0.1) is 0 Å². The van der Waals surface area contributed by atoms with E-state index < -0.39 is 0 Å². The van der Waals surface area contributed by atoms with E-state index in [0.29, 0.717) is 23.9 Å². The van der Waals surface area contributed by atoms with Gasteiger partial charge in [-0.1, -0.05) is 18.5 Å². The lowest BCUT2D eigenvalue weighted by molar-refractivity contribution is -0.134. The monoisotopic (exact) mass is 320 g/mol. The summed E-state index contributed by atoms with van der Waals surface area (Å²) >= 11 is 5.83. The van der Waals surface area contributed by atoms with E-state index in [-0.39, 0.29) is 12.5 Å². The molecule has 118 valence electrons. The molecule has 2 rings (SSSR count). The number of carbonyl (C=O) groups excluding carboxylic acids is 1. The third kappa shape index (κ3) is 4.53. The number of aryl methyl sites for hydroxylation is 1. The maximum Gasteiger partial charge on any atom is 0.260 e. The Kier molecular flexibility index (Phi) is 5.90. The lowest BCUT2D eigenvalue weighted by atomic mass is 10.3. The number of hydrogen-bond donors (Lipinski definition) is 0. The van der Waals surface area contributed by atoms with E-state index in [1.807, 2.05) is 34.8 Å². The first kappa shape index (κ1) is 16.4. The molecule has 0 aliphatic carbocycles. The van der Waals surface area contributed by atoms with E-state index in [1.54, 1.807) is 24.3 Å². The number of halogens is 1. The average Bonchev–Trinajstić information content (AvgIpc) is 2.91. The molecule has 0 saturated heterocycles. The molecule has 0 unspecified atom stereocenters. The van der Waals surface area contributed by atoms with Gasteiger partial charge in [0.05, 0.1) is 6.54 Å². The molecular weight excluding hydrogens is 300 g/mol. The molecule has 0 bridgehead atoms. The minimum absolute atomic E-state index is 0.0157. The first-order valence-electron chi connectivity index (χ1n) is 7.36. The number of benzene rings is 1. The van der Waals surface area contributed by atoms with Crippen LogP contribution in [0.3, 0.4) is 0 Å². The Bertz CT molecular complexity index is 607. The van der Waals surface area contributed by atoms with E-state index in [0.717, 1.165) is 12.1 Å². The summed E-state index contributed by atoms with van der Waals surface area (Å²) in [7, 11) is 1.98. The Labute approximate surface area is 136 Å². The lowest BCUT2D eigenvalue weighted by Gasteiger charge is -2.22. The minimum atomic E-state index is -0.0157. The van der Waals surface area contributed by atoms with Gasteiger partial charge in [-0.25, -0.2) is 0 Å². The minimum Gasteiger partial charge on any atom is -0.484 e. The van der Waals surface area contributed by atoms with Gasteiger partial charge in [0.25, 0.3) is 5.91 Å². The van der Waals surface area contributed by atoms with Gasteiger partial charge in [0, 0.05) is 30.5 Å². The summed E-state index contributed by atoms with van der Waals surface area (Å²) in [4.78, 5) is 14.2. The molecule has 0 aliphatic heterocycles. The van der Waals surface area contributed by atoms with Crippen molar-refractivity contribution in [3.63, 3.8) is 0 Å². The maximum absolute atomic E-state index is 12.4. The normalized spacial score (nSPS) is 10.5. The van der Waals surface area contributed by atoms with Gasteiger partial charge in [-0.2, -0.15) is 0 Å². The quantitative estimate of drug-likeness (QED) is 0.782. The van der Waals surface area contributed by atoms with Crippen LogP contribution in [0.15, 0.2) is 42.6 Å². The smallest absolute Gasteiger partial charge is 0.260 e. The number of rotatable bonds is 7. The van der Waals surface area contributed by atoms with Gasteiger partial charge in [0.2, 0.25) is 0 Å². The van der Waals surface area contributed by atoms with Gasteiger partial charge >= 0.3 is 0 Å². The Morgan fingerprint density at radius 3 is 2.59 bits per heavy atom. The standard InChI is InChI=1S/C17H21ClN2O2/c1-3-10-20(12-15-5-4-11-19(15)2)17(21)13-22-16-8-6-14(18)7-9-16/h4-9,11H,3,10,12-13H2,1-2H3. The molecule has 2 aromatic rings. The summed E-state index contributed by atoms with van der Waals surface area (Å²) in [5.74, 6) is 0.631. The van der Waals surface area contributed by atoms with Crippen molar-refractivity contribution in [2.45, 2.75) is 19.9 Å². The summed E-state index contributed by atoms with van der Waals surface area (Å²) < 4.78 is 7.57. The lowest BCUT2D eigenvalue weighted by Crippen LogP contribution is -2.35. The highest BCUT2D eigenvalue weighted by Gasteiger charge is 2.15. The highest BCUT2D eigenvalue weighted by molar-refractivity contribution is 6.30. The maximum atomic E-state index is 12.4. The number of nitrogens with zero attached hydrogens (tertiary/aromatic N) is 2. The predicted octanol–water partition coefficient (Wildman–Crippen LogP) is 3.50. The molecule has 0 atom stereocenters. The van der Waals surface area contributed by atoms with Gasteiger partial charge in [-0.3, -0.25) is 4.79 Å². The second kappa shape index (κ2) is 7.90. The van der Waals surface area contributed by atoms with E-state index in [4.69, 9.17) is 16.3 Å². The van der Waals surface area contributed by atoms with Gasteiger partial charge in [-0.05, 0) is 42.8 Å². The SMILES string of the molecule is CCCN(Cc1cccn1C)C(=O)COc1ccc(Cl)cc1. The summed E-state index contributed by atoms with van der Waals surface area (Å²) in [6.45, 7) is 3.41. The molecule has 0 spiro atoms. The predicted molar refractivity (Wildman–Crippen MR) is 88.1 cm³/mol. The molecule has 0 N–H and O–H groups in total. The topological polar surface area (TPSA) is 34.5 Å². The Hall–Kier alpha value is -1.94. The van der Waals surface area contributed by atoms with Crippen LogP contribution in [0.5, 0.6) is 5.75 Å². The van der Waals surface area contributed by atoms with Crippen molar-refractivity contribution in [3.8, 4) is 5.75 Å². The van der Waals surface area contributed by atoms with Crippen LogP contribution < -0.4 is 4.74 Å². The zero-order valence-electron chi connectivity index (χ0n) is 13.0. The first-order valence-corrected chi connectivity index (χ1v) is 7.74. The fourth-order valence-corrected chi connectivity index (χ4v) is 2.31. The van der Waals surface area contributed by atoms with E-state index in [9.17, 15) is 4.79 Å². The van der Waals surface area contributed by atoms with Crippen molar-refractivity contribution >= 4 is 17.5 Å². The molecule has 22 heavy (non-hydrogen) atoms. The zero-order chi connectivity index (χ0) is 15.9. The molecule has 1 aromatic carbocycles. The fraction of sp³-hybridized carbons (Fsp3) is 0.353. The Morgan fingerprint density at radius 2 is 2.00 bits per heavy atom. The molecule has 4 nitrogen and oxygen atoms in total. The van der Waals surface area contributed by atoms with Crippen LogP contribution >= 0.6 is 11.6 Å². The highest BCUT2D eigenvalue weighted by atomic mass is 35.5. The first-order chi connectivity index (χ1) is 10.6. The Balaban J connectivity index is 1.94. The fourth-order valence-electron chi connectivity index (χ4n) is 2.19. The molecule has 1 aromatic heterocycles. The van der Waals surface area contributed by atoms with Crippen LogP contribution in [0.25, 0.3) is 0 Å². The Morgan fingerprint density at radius 1 is 1.27 bits per heavy atom. The number of hydrogen-bond acceptors (Lipinski definition) is 2. The number of ether oxygens (including phenoxy) is 1. The highest BCUT2D eigenvalue weighted by Crippen LogP contribution is 2.15. The molecule has 0 saturated carbocycles. The molecule has 1 amide bonds. The summed E-state index contributed by atoms with van der Waals surface area (Å²) in [6.07, 6.45) is 2.89. The van der Waals surface area contributed by atoms with Crippen molar-refractivity contribution in [1.82, 2.24) is 9.47 Å². The van der Waals surface area contributed by atoms with Gasteiger partial charge in [0.1, 0.15) is 5.75 Å². The largest absolute Gasteiger partial charge is 0.484 e. The molecule has 0 fully saturated rings. The number of aromatic nitrogens is 1. The van der Waals surface area contributed by atoms with Crippen LogP contribution in [0.4, 0.5) is 0 Å². The van der Waals surface area contributed by atoms with Crippen LogP contribution in [0.2, 0.25) is 5.02 Å². The van der Waals surface area contributed by atoms with E-state index in [2.05, 4.69) is 6.92 Å². The number of carbonyl (C=O) groups is 1. The summed E-state index contributed by atoms with van der Waals surface area (Å²) in [6, 6.07) is 11.0. The molecule has 5 heteroatoms. The van der Waals surface area contributed by atoms with Crippen molar-refractivity contribution in [1.29, 1.82) is 0 Å². The summed E-state index contributed by atoms with van der Waals surface area (Å²) in [5.41, 5.74) is 1.10. The second-order valence-corrected chi connectivity index (χ2v) is 5.60. The summed E-state index contributed by atoms with van der Waals surface area (Å²) in [5, 5.41) is 0.648. The molecule has 1 heterocycles. The third-order valence-corrected chi connectivity index (χ3v) is 3.68. The van der Waals surface area contributed by atoms with Crippen molar-refractivity contribution < 1.29 is 9.53 Å². The van der Waals surface area contributed by atoms with Gasteiger partial charge in [0.15, 0.2) is 6.61 Å². The molecule has 0 aliphatic rings. The second-order valence-electron chi connectivity index (χ2n) is 5.17. The van der Waals surface area contributed by atoms with E-state index >= 15 is 0 Å². The molecule has 0 radical (unpaired) electrons. The number of amides is 1. The molecular formula is C17H21ClN2O2. The van der Waals surface area contributed by atoms with E-state index in [1.165, 1.54) is 0 Å². The third-order valence-electron chi connectivity index (χ3n) is 3.43. The van der Waals surface area contributed by atoms with Crippen LogP contribution in [0.1, 0.15) is 19.0 Å². The average molecular weight is 321 g/mol. The van der Waals surface area contributed by atoms with Crippen LogP contribution in [-0.2, 0) is 18.4 Å². The van der Waals surface area contributed by atoms with Gasteiger partial charge < -0.3 is 14.2 Å². The van der Waals surface area contributed by atoms with Crippen molar-refractivity contribution in [2.24, 2.45) is 7.05 Å². The van der Waals surface area contributed by atoms with Crippen molar-refractivity contribution in [3.05, 3.63) is 53.3 Å².